The predicted molar refractivity (Wildman–Crippen MR) is 57.0 cm³/mol. The average molecular weight is 184 g/mol. The minimum absolute atomic E-state index is 0.653. The Hall–Kier alpha value is -0.0400. The number of hydrogen-bond acceptors (Lipinski definition) is 1. The lowest BCUT2D eigenvalue weighted by molar-refractivity contribution is 0.387. The summed E-state index contributed by atoms with van der Waals surface area (Å²) in [6.07, 6.45) is 13.4. The molecular formula is C12H24O. The van der Waals surface area contributed by atoms with Crippen molar-refractivity contribution in [2.24, 2.45) is 0 Å². The Kier molecular flexibility index (Phi) is 6.26. The third kappa shape index (κ3) is 7.06. The van der Waals surface area contributed by atoms with Gasteiger partial charge in [0.15, 0.2) is 0 Å². The van der Waals surface area contributed by atoms with Crippen LogP contribution >= 0.6 is 0 Å². The van der Waals surface area contributed by atoms with Crippen LogP contribution in [0.1, 0.15) is 64.7 Å². The summed E-state index contributed by atoms with van der Waals surface area (Å²) < 4.78 is 5.17. The molecule has 0 radical (unpaired) electrons. The minimum Gasteiger partial charge on any atom is -0.373 e. The molecule has 1 rings (SSSR count). The summed E-state index contributed by atoms with van der Waals surface area (Å²) in [7, 11) is 0. The van der Waals surface area contributed by atoms with E-state index in [9.17, 15) is 0 Å². The van der Waals surface area contributed by atoms with Crippen molar-refractivity contribution in [3.05, 3.63) is 0 Å². The van der Waals surface area contributed by atoms with Gasteiger partial charge in [-0.2, -0.15) is 0 Å². The first-order chi connectivity index (χ1) is 6.43. The Morgan fingerprint density at radius 3 is 2.00 bits per heavy atom. The van der Waals surface area contributed by atoms with Crippen molar-refractivity contribution >= 4 is 0 Å². The summed E-state index contributed by atoms with van der Waals surface area (Å²) >= 11 is 0. The maximum Gasteiger partial charge on any atom is 0.0810 e. The fourth-order valence-electron chi connectivity index (χ4n) is 1.74. The van der Waals surface area contributed by atoms with E-state index in [1.807, 2.05) is 0 Å². The summed E-state index contributed by atoms with van der Waals surface area (Å²) in [5.74, 6) is 0. The van der Waals surface area contributed by atoms with Crippen molar-refractivity contribution < 1.29 is 4.74 Å². The van der Waals surface area contributed by atoms with Gasteiger partial charge in [0.25, 0.3) is 0 Å². The van der Waals surface area contributed by atoms with Gasteiger partial charge in [-0.15, -0.1) is 0 Å². The molecule has 0 aromatic carbocycles. The molecule has 0 unspecified atom stereocenters. The number of epoxide rings is 1. The third-order valence-corrected chi connectivity index (χ3v) is 2.78. The van der Waals surface area contributed by atoms with Gasteiger partial charge in [0.05, 0.1) is 12.7 Å². The Bertz CT molecular complexity index is 108. The molecule has 13 heavy (non-hydrogen) atoms. The van der Waals surface area contributed by atoms with Crippen molar-refractivity contribution in [1.29, 1.82) is 0 Å². The van der Waals surface area contributed by atoms with Crippen LogP contribution in [0.15, 0.2) is 0 Å². The zero-order valence-corrected chi connectivity index (χ0v) is 9.06. The summed E-state index contributed by atoms with van der Waals surface area (Å²) in [4.78, 5) is 0. The van der Waals surface area contributed by atoms with E-state index in [-0.39, 0.29) is 0 Å². The van der Waals surface area contributed by atoms with Crippen LogP contribution in [0.2, 0.25) is 0 Å². The molecule has 1 atom stereocenters. The Morgan fingerprint density at radius 1 is 0.923 bits per heavy atom. The number of ether oxygens (including phenoxy) is 1. The molecule has 0 N–H and O–H groups in total. The lowest BCUT2D eigenvalue weighted by atomic mass is 10.1. The topological polar surface area (TPSA) is 12.5 Å². The molecule has 1 heteroatoms. The fourth-order valence-corrected chi connectivity index (χ4v) is 1.74. The van der Waals surface area contributed by atoms with Crippen LogP contribution in [-0.2, 0) is 4.74 Å². The SMILES string of the molecule is CCCCCCCCCC[C@H]1CO1. The second kappa shape index (κ2) is 7.37. The lowest BCUT2D eigenvalue weighted by Gasteiger charge is -1.99. The molecule has 0 bridgehead atoms. The molecule has 0 aromatic rings. The van der Waals surface area contributed by atoms with Gasteiger partial charge >= 0.3 is 0 Å². The quantitative estimate of drug-likeness (QED) is 0.391. The number of unbranched alkanes of at least 4 members (excludes halogenated alkanes) is 7. The molecule has 1 aliphatic heterocycles. The van der Waals surface area contributed by atoms with Crippen LogP contribution < -0.4 is 0 Å². The highest BCUT2D eigenvalue weighted by molar-refractivity contribution is 4.68. The molecule has 1 fully saturated rings. The second-order valence-electron chi connectivity index (χ2n) is 4.22. The van der Waals surface area contributed by atoms with Crippen LogP contribution in [0.25, 0.3) is 0 Å². The van der Waals surface area contributed by atoms with Crippen molar-refractivity contribution in [3.8, 4) is 0 Å². The van der Waals surface area contributed by atoms with Gasteiger partial charge in [-0.3, -0.25) is 0 Å². The molecule has 0 aromatic heterocycles. The maximum absolute atomic E-state index is 5.17. The molecule has 0 spiro atoms. The second-order valence-corrected chi connectivity index (χ2v) is 4.22. The van der Waals surface area contributed by atoms with Crippen LogP contribution in [0.4, 0.5) is 0 Å². The van der Waals surface area contributed by atoms with E-state index < -0.39 is 0 Å². The van der Waals surface area contributed by atoms with Gasteiger partial charge in [0.2, 0.25) is 0 Å². The Morgan fingerprint density at radius 2 is 1.46 bits per heavy atom. The average Bonchev–Trinajstić information content (AvgIpc) is 2.93. The van der Waals surface area contributed by atoms with Gasteiger partial charge in [-0.1, -0.05) is 58.3 Å². The highest BCUT2D eigenvalue weighted by Crippen LogP contribution is 2.18. The summed E-state index contributed by atoms with van der Waals surface area (Å²) in [6.45, 7) is 3.31. The first-order valence-corrected chi connectivity index (χ1v) is 6.05. The van der Waals surface area contributed by atoms with Crippen molar-refractivity contribution in [3.63, 3.8) is 0 Å². The molecule has 1 saturated heterocycles. The van der Waals surface area contributed by atoms with E-state index in [2.05, 4.69) is 6.92 Å². The van der Waals surface area contributed by atoms with Gasteiger partial charge in [0.1, 0.15) is 0 Å². The summed E-state index contributed by atoms with van der Waals surface area (Å²) in [5.41, 5.74) is 0. The summed E-state index contributed by atoms with van der Waals surface area (Å²) in [5, 5.41) is 0. The van der Waals surface area contributed by atoms with Crippen LogP contribution in [0.3, 0.4) is 0 Å². The first-order valence-electron chi connectivity index (χ1n) is 6.05. The summed E-state index contributed by atoms with van der Waals surface area (Å²) in [6, 6.07) is 0. The minimum atomic E-state index is 0.653. The zero-order chi connectivity index (χ0) is 9.36. The molecule has 0 amide bonds. The molecule has 0 saturated carbocycles. The van der Waals surface area contributed by atoms with Gasteiger partial charge < -0.3 is 4.74 Å². The molecule has 1 nitrogen and oxygen atoms in total. The predicted octanol–water partition coefficient (Wildman–Crippen LogP) is 3.92. The van der Waals surface area contributed by atoms with Gasteiger partial charge in [-0.25, -0.2) is 0 Å². The Balaban J connectivity index is 1.63. The standard InChI is InChI=1S/C12H24O/c1-2-3-4-5-6-7-8-9-10-12-11-13-12/h12H,2-11H2,1H3/t12-/m0/s1. The smallest absolute Gasteiger partial charge is 0.0810 e. The van der Waals surface area contributed by atoms with Crippen molar-refractivity contribution in [2.45, 2.75) is 70.8 Å². The highest BCUT2D eigenvalue weighted by atomic mass is 16.6. The zero-order valence-electron chi connectivity index (χ0n) is 9.06. The van der Waals surface area contributed by atoms with E-state index in [1.165, 1.54) is 57.8 Å². The maximum atomic E-state index is 5.17. The lowest BCUT2D eigenvalue weighted by Crippen LogP contribution is -1.85. The third-order valence-electron chi connectivity index (χ3n) is 2.78. The van der Waals surface area contributed by atoms with E-state index in [0.29, 0.717) is 6.10 Å². The van der Waals surface area contributed by atoms with E-state index in [0.717, 1.165) is 6.61 Å². The van der Waals surface area contributed by atoms with Crippen LogP contribution in [0, 0.1) is 0 Å². The van der Waals surface area contributed by atoms with E-state index in [1.54, 1.807) is 0 Å². The van der Waals surface area contributed by atoms with Crippen molar-refractivity contribution in [2.75, 3.05) is 6.61 Å². The number of rotatable bonds is 9. The van der Waals surface area contributed by atoms with Gasteiger partial charge in [-0.05, 0) is 6.42 Å². The van der Waals surface area contributed by atoms with Gasteiger partial charge in [0, 0.05) is 0 Å². The van der Waals surface area contributed by atoms with Crippen LogP contribution in [-0.4, -0.2) is 12.7 Å². The fraction of sp³-hybridized carbons (Fsp3) is 1.00. The number of hydrogen-bond donors (Lipinski definition) is 0. The molecule has 1 aliphatic rings. The highest BCUT2D eigenvalue weighted by Gasteiger charge is 2.20. The molecule has 1 heterocycles. The van der Waals surface area contributed by atoms with E-state index in [4.69, 9.17) is 4.74 Å². The van der Waals surface area contributed by atoms with E-state index >= 15 is 0 Å². The van der Waals surface area contributed by atoms with Crippen molar-refractivity contribution in [1.82, 2.24) is 0 Å². The normalized spacial score (nSPS) is 20.5. The largest absolute Gasteiger partial charge is 0.373 e. The Labute approximate surface area is 82.9 Å². The monoisotopic (exact) mass is 184 g/mol. The molecule has 0 aliphatic carbocycles. The molecule has 78 valence electrons. The first kappa shape index (κ1) is 11.0. The van der Waals surface area contributed by atoms with Crippen LogP contribution in [0.5, 0.6) is 0 Å². The molecular weight excluding hydrogens is 160 g/mol.